The zero-order chi connectivity index (χ0) is 20.1. The monoisotopic (exact) mass is 530 g/mol. The molecule has 0 radical (unpaired) electrons. The second-order valence-electron chi connectivity index (χ2n) is 6.86. The summed E-state index contributed by atoms with van der Waals surface area (Å²) in [5.41, 5.74) is -1.17. The number of rotatable bonds is 7. The maximum Gasteiger partial charge on any atom is 0.192 e. The minimum atomic E-state index is -1.17. The van der Waals surface area contributed by atoms with Gasteiger partial charge in [0, 0.05) is 11.9 Å². The molecule has 0 spiro atoms. The smallest absolute Gasteiger partial charge is 0.192 e. The van der Waals surface area contributed by atoms with Crippen LogP contribution >= 0.6 is 35.3 Å². The summed E-state index contributed by atoms with van der Waals surface area (Å²) in [5, 5.41) is 27.5. The number of aromatic nitrogens is 3. The van der Waals surface area contributed by atoms with Crippen molar-refractivity contribution in [1.29, 1.82) is 0 Å². The molecule has 158 valence electrons. The van der Waals surface area contributed by atoms with Crippen molar-refractivity contribution in [2.45, 2.75) is 39.5 Å². The maximum atomic E-state index is 10.8. The van der Waals surface area contributed by atoms with Gasteiger partial charge in [-0.05, 0) is 44.4 Å². The number of hydrogen-bond donors (Lipinski definition) is 3. The number of guanidine groups is 1. The van der Waals surface area contributed by atoms with Gasteiger partial charge in [0.2, 0.25) is 0 Å². The fourth-order valence-corrected chi connectivity index (χ4v) is 3.21. The molecule has 0 aliphatic heterocycles. The van der Waals surface area contributed by atoms with Crippen molar-refractivity contribution in [2.75, 3.05) is 6.54 Å². The topological polar surface area (TPSA) is 101 Å². The second kappa shape index (κ2) is 10.2. The van der Waals surface area contributed by atoms with E-state index in [9.17, 15) is 5.11 Å². The number of nitrogens with zero attached hydrogens (tertiary/aromatic N) is 4. The van der Waals surface area contributed by atoms with Gasteiger partial charge in [-0.15, -0.1) is 45.5 Å². The van der Waals surface area contributed by atoms with Crippen LogP contribution < -0.4 is 10.6 Å². The lowest BCUT2D eigenvalue weighted by molar-refractivity contribution is 0.0378. The summed E-state index contributed by atoms with van der Waals surface area (Å²) in [6.45, 7) is 6.72. The van der Waals surface area contributed by atoms with Crippen LogP contribution in [-0.4, -0.2) is 32.4 Å². The molecule has 3 aromatic heterocycles. The number of aliphatic hydroxyl groups is 1. The van der Waals surface area contributed by atoms with Gasteiger partial charge in [-0.1, -0.05) is 6.07 Å². The first-order valence-corrected chi connectivity index (χ1v) is 9.92. The number of nitrogens with one attached hydrogen (secondary N) is 2. The van der Waals surface area contributed by atoms with Crippen LogP contribution in [0.2, 0.25) is 0 Å². The minimum Gasteiger partial charge on any atom is -0.463 e. The highest BCUT2D eigenvalue weighted by Gasteiger charge is 2.27. The SMILES string of the molecule is Cc1ccc(C(C)(O)CNC(=NCc2nnc(C)n2C)NCc2cccs2)o1.I. The Hall–Kier alpha value is -1.92. The van der Waals surface area contributed by atoms with Gasteiger partial charge in [0.05, 0.1) is 13.1 Å². The fourth-order valence-electron chi connectivity index (χ4n) is 2.56. The molecule has 1 unspecified atom stereocenters. The molecule has 0 amide bonds. The lowest BCUT2D eigenvalue weighted by atomic mass is 10.0. The van der Waals surface area contributed by atoms with Crippen LogP contribution in [0.1, 0.15) is 35.0 Å². The fraction of sp³-hybridized carbons (Fsp3) is 0.421. The number of aliphatic imine (C=N–C) groups is 1. The highest BCUT2D eigenvalue weighted by Crippen LogP contribution is 2.21. The lowest BCUT2D eigenvalue weighted by Gasteiger charge is -2.23. The Morgan fingerprint density at radius 3 is 2.66 bits per heavy atom. The Balaban J connectivity index is 0.00000300. The molecular weight excluding hydrogens is 503 g/mol. The van der Waals surface area contributed by atoms with E-state index in [1.807, 2.05) is 43.0 Å². The minimum absolute atomic E-state index is 0. The van der Waals surface area contributed by atoms with Crippen molar-refractivity contribution in [3.05, 3.63) is 57.7 Å². The van der Waals surface area contributed by atoms with Crippen LogP contribution in [0.25, 0.3) is 0 Å². The third-order valence-electron chi connectivity index (χ3n) is 4.44. The molecular formula is C19H27IN6O2S. The highest BCUT2D eigenvalue weighted by molar-refractivity contribution is 14.0. The summed E-state index contributed by atoms with van der Waals surface area (Å²) in [6, 6.07) is 7.70. The first-order valence-electron chi connectivity index (χ1n) is 9.04. The summed E-state index contributed by atoms with van der Waals surface area (Å²) in [7, 11) is 1.91. The molecule has 29 heavy (non-hydrogen) atoms. The van der Waals surface area contributed by atoms with E-state index in [2.05, 4.69) is 31.9 Å². The van der Waals surface area contributed by atoms with E-state index in [0.29, 0.717) is 24.8 Å². The summed E-state index contributed by atoms with van der Waals surface area (Å²) in [5.74, 6) is 3.46. The second-order valence-corrected chi connectivity index (χ2v) is 7.89. The normalized spacial score (nSPS) is 13.6. The van der Waals surface area contributed by atoms with E-state index < -0.39 is 5.60 Å². The molecule has 3 N–H and O–H groups in total. The van der Waals surface area contributed by atoms with Crippen molar-refractivity contribution >= 4 is 41.3 Å². The highest BCUT2D eigenvalue weighted by atomic mass is 127. The standard InChI is InChI=1S/C19H26N6O2S.HI/c1-13-7-8-16(27-13)19(3,26)12-22-18(20-10-15-6-5-9-28-15)21-11-17-24-23-14(2)25(17)4;/h5-9,26H,10-12H2,1-4H3,(H2,20,21,22);1H. The number of furan rings is 1. The molecule has 0 aliphatic carbocycles. The Kier molecular flexibility index (Phi) is 8.23. The Morgan fingerprint density at radius 1 is 1.28 bits per heavy atom. The molecule has 0 fully saturated rings. The van der Waals surface area contributed by atoms with Gasteiger partial charge in [0.25, 0.3) is 0 Å². The molecule has 8 nitrogen and oxygen atoms in total. The summed E-state index contributed by atoms with van der Waals surface area (Å²) < 4.78 is 7.48. The molecule has 0 bridgehead atoms. The third kappa shape index (κ3) is 6.28. The Morgan fingerprint density at radius 2 is 2.07 bits per heavy atom. The molecule has 0 saturated heterocycles. The summed E-state index contributed by atoms with van der Waals surface area (Å²) in [6.07, 6.45) is 0. The number of aryl methyl sites for hydroxylation is 2. The molecule has 3 aromatic rings. The lowest BCUT2D eigenvalue weighted by Crippen LogP contribution is -2.44. The summed E-state index contributed by atoms with van der Waals surface area (Å²) >= 11 is 1.67. The number of thiophene rings is 1. The molecule has 0 aromatic carbocycles. The molecule has 10 heteroatoms. The molecule has 0 saturated carbocycles. The van der Waals surface area contributed by atoms with Crippen molar-refractivity contribution in [3.8, 4) is 0 Å². The molecule has 1 atom stereocenters. The van der Waals surface area contributed by atoms with Crippen molar-refractivity contribution in [1.82, 2.24) is 25.4 Å². The van der Waals surface area contributed by atoms with E-state index in [1.54, 1.807) is 24.3 Å². The van der Waals surface area contributed by atoms with Gasteiger partial charge < -0.3 is 24.7 Å². The zero-order valence-corrected chi connectivity index (χ0v) is 20.1. The van der Waals surface area contributed by atoms with Gasteiger partial charge in [-0.25, -0.2) is 4.99 Å². The summed E-state index contributed by atoms with van der Waals surface area (Å²) in [4.78, 5) is 5.80. The van der Waals surface area contributed by atoms with Gasteiger partial charge in [0.15, 0.2) is 11.8 Å². The number of halogens is 1. The average Bonchev–Trinajstić information content (AvgIpc) is 3.39. The predicted octanol–water partition coefficient (Wildman–Crippen LogP) is 2.85. The molecule has 3 heterocycles. The Labute approximate surface area is 191 Å². The first-order chi connectivity index (χ1) is 13.3. The average molecular weight is 530 g/mol. The largest absolute Gasteiger partial charge is 0.463 e. The Bertz CT molecular complexity index is 933. The van der Waals surface area contributed by atoms with Crippen molar-refractivity contribution < 1.29 is 9.52 Å². The molecule has 0 aliphatic rings. The van der Waals surface area contributed by atoms with Crippen LogP contribution in [0.15, 0.2) is 39.1 Å². The van der Waals surface area contributed by atoms with Gasteiger partial charge in [-0.2, -0.15) is 0 Å². The molecule has 3 rings (SSSR count). The van der Waals surface area contributed by atoms with Crippen molar-refractivity contribution in [2.24, 2.45) is 12.0 Å². The van der Waals surface area contributed by atoms with Crippen LogP contribution in [-0.2, 0) is 25.7 Å². The van der Waals surface area contributed by atoms with Crippen LogP contribution in [0, 0.1) is 13.8 Å². The van der Waals surface area contributed by atoms with Gasteiger partial charge >= 0.3 is 0 Å². The van der Waals surface area contributed by atoms with E-state index in [1.165, 1.54) is 4.88 Å². The van der Waals surface area contributed by atoms with Gasteiger partial charge in [0.1, 0.15) is 29.5 Å². The quantitative estimate of drug-likeness (QED) is 0.247. The van der Waals surface area contributed by atoms with Crippen LogP contribution in [0.3, 0.4) is 0 Å². The van der Waals surface area contributed by atoms with Gasteiger partial charge in [-0.3, -0.25) is 0 Å². The first kappa shape index (κ1) is 23.4. The predicted molar refractivity (Wildman–Crippen MR) is 124 cm³/mol. The van der Waals surface area contributed by atoms with E-state index in [0.717, 1.165) is 17.4 Å². The van der Waals surface area contributed by atoms with E-state index >= 15 is 0 Å². The maximum absolute atomic E-state index is 10.8. The number of hydrogen-bond acceptors (Lipinski definition) is 6. The van der Waals surface area contributed by atoms with E-state index in [4.69, 9.17) is 4.42 Å². The zero-order valence-electron chi connectivity index (χ0n) is 17.0. The third-order valence-corrected chi connectivity index (χ3v) is 5.32. The van der Waals surface area contributed by atoms with E-state index in [-0.39, 0.29) is 30.5 Å². The van der Waals surface area contributed by atoms with Crippen molar-refractivity contribution in [3.63, 3.8) is 0 Å². The van der Waals surface area contributed by atoms with Crippen LogP contribution in [0.4, 0.5) is 0 Å². The van der Waals surface area contributed by atoms with Crippen LogP contribution in [0.5, 0.6) is 0 Å².